The van der Waals surface area contributed by atoms with Crippen LogP contribution >= 0.6 is 0 Å². The summed E-state index contributed by atoms with van der Waals surface area (Å²) < 4.78 is 0.703. The molecule has 0 aliphatic heterocycles. The Labute approximate surface area is 112 Å². The molecule has 0 saturated carbocycles. The molecular weight excluding hydrogens is 322 g/mol. The predicted octanol–water partition coefficient (Wildman–Crippen LogP) is 3.62. The van der Waals surface area contributed by atoms with Gasteiger partial charge in [0.1, 0.15) is 0 Å². The molecule has 2 aromatic rings. The number of nitrogens with zero attached hydrogens (tertiary/aromatic N) is 1. The maximum absolute atomic E-state index is 4.32. The van der Waals surface area contributed by atoms with E-state index in [1.54, 1.807) is 5.56 Å². The maximum atomic E-state index is 4.32. The first-order valence-corrected chi connectivity index (χ1v) is 9.63. The van der Waals surface area contributed by atoms with Crippen molar-refractivity contribution in [2.45, 2.75) is 22.3 Å². The molecule has 17 heavy (non-hydrogen) atoms. The zero-order valence-corrected chi connectivity index (χ0v) is 12.4. The molecule has 0 fully saturated rings. The van der Waals surface area contributed by atoms with Gasteiger partial charge in [-0.1, -0.05) is 0 Å². The van der Waals surface area contributed by atoms with Crippen molar-refractivity contribution >= 4 is 37.8 Å². The summed E-state index contributed by atoms with van der Waals surface area (Å²) in [5.41, 5.74) is 4.41. The number of hydrogen-bond acceptors (Lipinski definition) is 1. The van der Waals surface area contributed by atoms with Crippen LogP contribution in [0.15, 0.2) is 30.6 Å². The Bertz CT molecular complexity index is 601. The van der Waals surface area contributed by atoms with Gasteiger partial charge < -0.3 is 0 Å². The molecule has 0 saturated heterocycles. The fourth-order valence-corrected chi connectivity index (χ4v) is 4.73. The Kier molecular flexibility index (Phi) is 2.94. The average Bonchev–Trinajstić information content (AvgIpc) is 2.40. The Morgan fingerprint density at radius 1 is 1.29 bits per heavy atom. The zero-order valence-electron chi connectivity index (χ0n) is 10.1. The van der Waals surface area contributed by atoms with Crippen molar-refractivity contribution < 1.29 is 0 Å². The molecule has 1 aromatic carbocycles. The Balaban J connectivity index is 2.42. The molecule has 0 N–H and O–H groups in total. The fourth-order valence-electron chi connectivity index (χ4n) is 2.62. The van der Waals surface area contributed by atoms with Gasteiger partial charge in [-0.15, -0.1) is 0 Å². The Morgan fingerprint density at radius 2 is 2.18 bits per heavy atom. The first kappa shape index (κ1) is 11.3. The van der Waals surface area contributed by atoms with E-state index in [0.717, 1.165) is 6.42 Å². The van der Waals surface area contributed by atoms with Crippen LogP contribution in [0.25, 0.3) is 16.8 Å². The summed E-state index contributed by atoms with van der Waals surface area (Å²) in [5, 5.41) is 2.75. The van der Waals surface area contributed by atoms with Gasteiger partial charge in [0.2, 0.25) is 0 Å². The van der Waals surface area contributed by atoms with E-state index in [-0.39, 0.29) is 20.9 Å². The van der Waals surface area contributed by atoms with Gasteiger partial charge in [-0.2, -0.15) is 0 Å². The van der Waals surface area contributed by atoms with Crippen LogP contribution in [0.4, 0.5) is 0 Å². The SMILES string of the molecule is CCc1ccc2cncc3c2c1C([Te]C)C=C3. The number of allylic oxidation sites excluding steroid dienone is 1. The number of benzene rings is 1. The topological polar surface area (TPSA) is 12.9 Å². The molecule has 3 rings (SSSR count). The van der Waals surface area contributed by atoms with Crippen LogP contribution in [0.3, 0.4) is 0 Å². The van der Waals surface area contributed by atoms with Crippen molar-refractivity contribution in [1.29, 1.82) is 0 Å². The van der Waals surface area contributed by atoms with Gasteiger partial charge >= 0.3 is 112 Å². The van der Waals surface area contributed by atoms with Gasteiger partial charge in [0.25, 0.3) is 0 Å². The van der Waals surface area contributed by atoms with Crippen molar-refractivity contribution in [2.75, 3.05) is 0 Å². The first-order valence-electron chi connectivity index (χ1n) is 5.95. The summed E-state index contributed by atoms with van der Waals surface area (Å²) in [7, 11) is 0. The molecule has 0 spiro atoms. The zero-order chi connectivity index (χ0) is 11.8. The number of aryl methyl sites for hydroxylation is 1. The third kappa shape index (κ3) is 1.71. The Morgan fingerprint density at radius 3 is 2.94 bits per heavy atom. The summed E-state index contributed by atoms with van der Waals surface area (Å²) >= 11 is 0.0264. The summed E-state index contributed by atoms with van der Waals surface area (Å²) in [6.45, 7) is 2.25. The third-order valence-corrected chi connectivity index (χ3v) is 6.02. The van der Waals surface area contributed by atoms with Crippen LogP contribution in [-0.4, -0.2) is 25.9 Å². The van der Waals surface area contributed by atoms with E-state index in [1.807, 2.05) is 12.4 Å². The minimum absolute atomic E-state index is 0.0264. The first-order chi connectivity index (χ1) is 8.35. The van der Waals surface area contributed by atoms with Gasteiger partial charge in [-0.05, 0) is 0 Å². The molecule has 86 valence electrons. The van der Waals surface area contributed by atoms with Gasteiger partial charge in [-0.3, -0.25) is 0 Å². The average molecular weight is 337 g/mol. The second-order valence-corrected chi connectivity index (χ2v) is 7.13. The molecule has 0 radical (unpaired) electrons. The monoisotopic (exact) mass is 339 g/mol. The van der Waals surface area contributed by atoms with E-state index >= 15 is 0 Å². The molecule has 1 nitrogen and oxygen atoms in total. The fraction of sp³-hybridized carbons (Fsp3) is 0.267. The summed E-state index contributed by atoms with van der Waals surface area (Å²) in [4.78, 5) is 6.72. The summed E-state index contributed by atoms with van der Waals surface area (Å²) in [5.74, 6) is 0. The Hall–Kier alpha value is -0.840. The van der Waals surface area contributed by atoms with Crippen LogP contribution in [0.1, 0.15) is 27.6 Å². The molecule has 0 amide bonds. The van der Waals surface area contributed by atoms with Gasteiger partial charge in [0.05, 0.1) is 0 Å². The van der Waals surface area contributed by atoms with Crippen molar-refractivity contribution in [3.63, 3.8) is 0 Å². The normalized spacial score (nSPS) is 17.6. The quantitative estimate of drug-likeness (QED) is 0.763. The van der Waals surface area contributed by atoms with Crippen LogP contribution in [0.5, 0.6) is 0 Å². The number of aromatic nitrogens is 1. The second kappa shape index (κ2) is 4.44. The molecule has 1 aliphatic carbocycles. The molecule has 1 atom stereocenters. The molecule has 1 aromatic heterocycles. The number of hydrogen-bond donors (Lipinski definition) is 0. The third-order valence-electron chi connectivity index (χ3n) is 3.45. The van der Waals surface area contributed by atoms with Crippen molar-refractivity contribution in [2.24, 2.45) is 0 Å². The van der Waals surface area contributed by atoms with Crippen LogP contribution < -0.4 is 0 Å². The molecular formula is C15H15NTe. The van der Waals surface area contributed by atoms with Crippen LogP contribution in [0.2, 0.25) is 4.97 Å². The van der Waals surface area contributed by atoms with Crippen molar-refractivity contribution in [3.8, 4) is 0 Å². The second-order valence-electron chi connectivity index (χ2n) is 4.33. The van der Waals surface area contributed by atoms with Crippen molar-refractivity contribution in [3.05, 3.63) is 47.3 Å². The van der Waals surface area contributed by atoms with E-state index in [2.05, 4.69) is 41.2 Å². The molecule has 2 heteroatoms. The standard InChI is InChI=1S/C15H15NTe/c1-3-10-4-5-11-8-16-9-12-6-7-13(17-2)15(10)14(11)12/h4-9,13H,3H2,1-2H3. The van der Waals surface area contributed by atoms with Gasteiger partial charge in [0.15, 0.2) is 0 Å². The van der Waals surface area contributed by atoms with Gasteiger partial charge in [-0.25, -0.2) is 0 Å². The van der Waals surface area contributed by atoms with Gasteiger partial charge in [0, 0.05) is 0 Å². The molecule has 1 aliphatic rings. The summed E-state index contributed by atoms with van der Waals surface area (Å²) in [6, 6.07) is 4.51. The predicted molar refractivity (Wildman–Crippen MR) is 74.5 cm³/mol. The molecule has 1 heterocycles. The molecule has 1 unspecified atom stereocenters. The van der Waals surface area contributed by atoms with E-state index in [4.69, 9.17) is 0 Å². The number of pyridine rings is 1. The van der Waals surface area contributed by atoms with E-state index in [1.165, 1.54) is 21.9 Å². The van der Waals surface area contributed by atoms with E-state index < -0.39 is 0 Å². The van der Waals surface area contributed by atoms with Crippen LogP contribution in [-0.2, 0) is 6.42 Å². The number of rotatable bonds is 2. The van der Waals surface area contributed by atoms with E-state index in [9.17, 15) is 0 Å². The van der Waals surface area contributed by atoms with E-state index in [0.29, 0.717) is 3.97 Å². The summed E-state index contributed by atoms with van der Waals surface area (Å²) in [6.07, 6.45) is 9.77. The molecule has 0 bridgehead atoms. The van der Waals surface area contributed by atoms with Crippen LogP contribution in [0, 0.1) is 0 Å². The van der Waals surface area contributed by atoms with Crippen molar-refractivity contribution in [1.82, 2.24) is 4.98 Å². The minimum atomic E-state index is 0.0264.